The lowest BCUT2D eigenvalue weighted by atomic mass is 10.0. The van der Waals surface area contributed by atoms with Crippen molar-refractivity contribution in [3.8, 4) is 5.75 Å². The van der Waals surface area contributed by atoms with E-state index in [0.29, 0.717) is 17.9 Å². The van der Waals surface area contributed by atoms with E-state index in [1.54, 1.807) is 24.4 Å². The Morgan fingerprint density at radius 1 is 1.32 bits per heavy atom. The average molecular weight is 261 g/mol. The van der Waals surface area contributed by atoms with Gasteiger partial charge in [0.2, 0.25) is 0 Å². The van der Waals surface area contributed by atoms with Gasteiger partial charge in [0.05, 0.1) is 12.8 Å². The Hall–Kier alpha value is -1.94. The zero-order valence-corrected chi connectivity index (χ0v) is 10.9. The molecule has 1 unspecified atom stereocenters. The molecule has 1 aromatic heterocycles. The van der Waals surface area contributed by atoms with Crippen LogP contribution in [-0.2, 0) is 0 Å². The van der Waals surface area contributed by atoms with Crippen LogP contribution in [0.15, 0.2) is 36.7 Å². The summed E-state index contributed by atoms with van der Waals surface area (Å²) < 4.78 is 19.1. The molecule has 0 saturated heterocycles. The molecule has 2 rings (SSSR count). The highest BCUT2D eigenvalue weighted by atomic mass is 19.1. The highest BCUT2D eigenvalue weighted by Crippen LogP contribution is 2.26. The van der Waals surface area contributed by atoms with Crippen molar-refractivity contribution in [2.45, 2.75) is 20.0 Å². The third-order valence-electron chi connectivity index (χ3n) is 2.81. The molecule has 0 aliphatic heterocycles. The van der Waals surface area contributed by atoms with E-state index >= 15 is 0 Å². The SMILES string of the molecule is CCOc1cncc(C(O)c2cc(C)ccc2F)c1. The lowest BCUT2D eigenvalue weighted by molar-refractivity contribution is 0.213. The number of pyridine rings is 1. The Bertz CT molecular complexity index is 572. The molecule has 19 heavy (non-hydrogen) atoms. The molecule has 0 radical (unpaired) electrons. The van der Waals surface area contributed by atoms with Gasteiger partial charge in [0.15, 0.2) is 0 Å². The molecule has 4 heteroatoms. The third-order valence-corrected chi connectivity index (χ3v) is 2.81. The molecule has 0 bridgehead atoms. The molecule has 0 aliphatic rings. The number of ether oxygens (including phenoxy) is 1. The normalized spacial score (nSPS) is 12.2. The first kappa shape index (κ1) is 13.5. The summed E-state index contributed by atoms with van der Waals surface area (Å²) in [7, 11) is 0. The molecule has 0 amide bonds. The lowest BCUT2D eigenvalue weighted by Gasteiger charge is -2.14. The first-order valence-corrected chi connectivity index (χ1v) is 6.13. The Balaban J connectivity index is 2.35. The fourth-order valence-corrected chi connectivity index (χ4v) is 1.88. The van der Waals surface area contributed by atoms with Crippen molar-refractivity contribution in [2.75, 3.05) is 6.61 Å². The number of rotatable bonds is 4. The van der Waals surface area contributed by atoms with Crippen LogP contribution in [0, 0.1) is 12.7 Å². The molecule has 100 valence electrons. The third kappa shape index (κ3) is 3.09. The van der Waals surface area contributed by atoms with Crippen LogP contribution in [0.5, 0.6) is 5.75 Å². The number of hydrogen-bond acceptors (Lipinski definition) is 3. The summed E-state index contributed by atoms with van der Waals surface area (Å²) in [6.45, 7) is 4.23. The van der Waals surface area contributed by atoms with Crippen molar-refractivity contribution in [1.82, 2.24) is 4.98 Å². The average Bonchev–Trinajstić information content (AvgIpc) is 2.41. The van der Waals surface area contributed by atoms with E-state index in [1.165, 1.54) is 12.3 Å². The highest BCUT2D eigenvalue weighted by Gasteiger charge is 2.16. The van der Waals surface area contributed by atoms with Gasteiger partial charge in [-0.3, -0.25) is 4.98 Å². The molecule has 1 aromatic carbocycles. The first-order chi connectivity index (χ1) is 9.11. The van der Waals surface area contributed by atoms with Gasteiger partial charge in [0.1, 0.15) is 17.7 Å². The number of aliphatic hydroxyl groups is 1. The van der Waals surface area contributed by atoms with Gasteiger partial charge in [-0.25, -0.2) is 4.39 Å². The van der Waals surface area contributed by atoms with Gasteiger partial charge in [-0.1, -0.05) is 17.7 Å². The number of aryl methyl sites for hydroxylation is 1. The van der Waals surface area contributed by atoms with E-state index in [9.17, 15) is 9.50 Å². The smallest absolute Gasteiger partial charge is 0.137 e. The van der Waals surface area contributed by atoms with Crippen LogP contribution in [0.25, 0.3) is 0 Å². The number of aromatic nitrogens is 1. The Morgan fingerprint density at radius 3 is 2.84 bits per heavy atom. The van der Waals surface area contributed by atoms with Crippen molar-refractivity contribution in [3.63, 3.8) is 0 Å². The number of benzene rings is 1. The first-order valence-electron chi connectivity index (χ1n) is 6.13. The number of aliphatic hydroxyl groups excluding tert-OH is 1. The zero-order valence-electron chi connectivity index (χ0n) is 10.9. The van der Waals surface area contributed by atoms with E-state index in [1.807, 2.05) is 13.8 Å². The molecular formula is C15H16FNO2. The van der Waals surface area contributed by atoms with E-state index in [-0.39, 0.29) is 5.56 Å². The summed E-state index contributed by atoms with van der Waals surface area (Å²) in [6.07, 6.45) is 2.02. The largest absolute Gasteiger partial charge is 0.492 e. The molecule has 0 spiro atoms. The van der Waals surface area contributed by atoms with E-state index in [2.05, 4.69) is 4.98 Å². The maximum absolute atomic E-state index is 13.7. The molecular weight excluding hydrogens is 245 g/mol. The summed E-state index contributed by atoms with van der Waals surface area (Å²) in [6, 6.07) is 6.32. The van der Waals surface area contributed by atoms with Gasteiger partial charge in [-0.15, -0.1) is 0 Å². The second-order valence-corrected chi connectivity index (χ2v) is 4.31. The van der Waals surface area contributed by atoms with Crippen molar-refractivity contribution in [2.24, 2.45) is 0 Å². The Kier molecular flexibility index (Phi) is 4.12. The Morgan fingerprint density at radius 2 is 2.11 bits per heavy atom. The lowest BCUT2D eigenvalue weighted by Crippen LogP contribution is -2.04. The van der Waals surface area contributed by atoms with Gasteiger partial charge in [-0.05, 0) is 26.0 Å². The van der Waals surface area contributed by atoms with E-state index in [0.717, 1.165) is 5.56 Å². The maximum atomic E-state index is 13.7. The van der Waals surface area contributed by atoms with Crippen LogP contribution in [0.4, 0.5) is 4.39 Å². The summed E-state index contributed by atoms with van der Waals surface area (Å²) in [5.41, 5.74) is 1.65. The van der Waals surface area contributed by atoms with Gasteiger partial charge in [-0.2, -0.15) is 0 Å². The summed E-state index contributed by atoms with van der Waals surface area (Å²) >= 11 is 0. The molecule has 2 aromatic rings. The van der Waals surface area contributed by atoms with Crippen LogP contribution in [0.2, 0.25) is 0 Å². The second kappa shape index (κ2) is 5.80. The van der Waals surface area contributed by atoms with E-state index in [4.69, 9.17) is 4.74 Å². The molecule has 0 fully saturated rings. The second-order valence-electron chi connectivity index (χ2n) is 4.31. The monoisotopic (exact) mass is 261 g/mol. The maximum Gasteiger partial charge on any atom is 0.137 e. The van der Waals surface area contributed by atoms with Crippen LogP contribution in [0.3, 0.4) is 0 Å². The van der Waals surface area contributed by atoms with Crippen molar-refractivity contribution >= 4 is 0 Å². The molecule has 3 nitrogen and oxygen atoms in total. The summed E-state index contributed by atoms with van der Waals surface area (Å²) in [4.78, 5) is 3.99. The van der Waals surface area contributed by atoms with Crippen molar-refractivity contribution < 1.29 is 14.2 Å². The molecule has 1 heterocycles. The minimum atomic E-state index is -1.05. The minimum absolute atomic E-state index is 0.246. The number of halogens is 1. The Labute approximate surface area is 111 Å². The number of hydrogen-bond donors (Lipinski definition) is 1. The summed E-state index contributed by atoms with van der Waals surface area (Å²) in [5.74, 6) is 0.132. The van der Waals surface area contributed by atoms with Gasteiger partial charge < -0.3 is 9.84 Å². The molecule has 1 atom stereocenters. The van der Waals surface area contributed by atoms with Crippen LogP contribution >= 0.6 is 0 Å². The van der Waals surface area contributed by atoms with E-state index < -0.39 is 11.9 Å². The van der Waals surface area contributed by atoms with Crippen molar-refractivity contribution in [1.29, 1.82) is 0 Å². The predicted molar refractivity (Wildman–Crippen MR) is 70.6 cm³/mol. The predicted octanol–water partition coefficient (Wildman–Crippen LogP) is 3.01. The number of nitrogens with zero attached hydrogens (tertiary/aromatic N) is 1. The topological polar surface area (TPSA) is 42.4 Å². The molecule has 1 N–H and O–H groups in total. The molecule has 0 saturated carbocycles. The molecule has 0 aliphatic carbocycles. The van der Waals surface area contributed by atoms with Gasteiger partial charge >= 0.3 is 0 Å². The zero-order chi connectivity index (χ0) is 13.8. The van der Waals surface area contributed by atoms with Crippen LogP contribution in [-0.4, -0.2) is 16.7 Å². The minimum Gasteiger partial charge on any atom is -0.492 e. The van der Waals surface area contributed by atoms with Crippen LogP contribution < -0.4 is 4.74 Å². The standard InChI is InChI=1S/C15H16FNO2/c1-3-19-12-7-11(8-17-9-12)15(18)13-6-10(2)4-5-14(13)16/h4-9,15,18H,3H2,1-2H3. The van der Waals surface area contributed by atoms with Gasteiger partial charge in [0.25, 0.3) is 0 Å². The summed E-state index contributed by atoms with van der Waals surface area (Å²) in [5, 5.41) is 10.3. The van der Waals surface area contributed by atoms with Crippen LogP contribution in [0.1, 0.15) is 29.7 Å². The quantitative estimate of drug-likeness (QED) is 0.920. The fraction of sp³-hybridized carbons (Fsp3) is 0.267. The fourth-order valence-electron chi connectivity index (χ4n) is 1.88. The van der Waals surface area contributed by atoms with Gasteiger partial charge in [0, 0.05) is 17.3 Å². The van der Waals surface area contributed by atoms with Crippen molar-refractivity contribution in [3.05, 3.63) is 59.2 Å². The highest BCUT2D eigenvalue weighted by molar-refractivity contribution is 5.35.